The average molecular weight is 133 g/mol. The molecule has 0 aliphatic heterocycles. The van der Waals surface area contributed by atoms with Gasteiger partial charge in [0.2, 0.25) is 0 Å². The molecule has 0 aromatic carbocycles. The zero-order valence-electron chi connectivity index (χ0n) is 5.93. The molecule has 0 unspecified atom stereocenters. The molecular formula is C9H11N. The number of hydrogen-bond donors (Lipinski definition) is 1. The van der Waals surface area contributed by atoms with Gasteiger partial charge in [0.05, 0.1) is 0 Å². The highest BCUT2D eigenvalue weighted by Crippen LogP contribution is 2.16. The number of nitrogens with two attached hydrogens (primary N) is 1. The van der Waals surface area contributed by atoms with Crippen molar-refractivity contribution in [3.8, 4) is 0 Å². The summed E-state index contributed by atoms with van der Waals surface area (Å²) in [5.41, 5.74) is 8.38. The first kappa shape index (κ1) is 6.87. The van der Waals surface area contributed by atoms with Crippen molar-refractivity contribution in [2.24, 2.45) is 5.73 Å². The summed E-state index contributed by atoms with van der Waals surface area (Å²) in [6, 6.07) is 0. The Bertz CT molecular complexity index is 231. The van der Waals surface area contributed by atoms with Gasteiger partial charge in [0.1, 0.15) is 0 Å². The van der Waals surface area contributed by atoms with Crippen LogP contribution in [0.3, 0.4) is 0 Å². The van der Waals surface area contributed by atoms with E-state index in [9.17, 15) is 0 Å². The molecule has 0 aromatic rings. The van der Waals surface area contributed by atoms with Crippen LogP contribution in [0.4, 0.5) is 0 Å². The maximum Gasteiger partial charge on any atom is 0.0343 e. The van der Waals surface area contributed by atoms with Gasteiger partial charge < -0.3 is 5.73 Å². The standard InChI is InChI=1S/C9H11N/c1-7-4-3-5-9(10)8(2)6-7/h3-5H,1-2,6,10H2. The van der Waals surface area contributed by atoms with E-state index in [1.165, 1.54) is 0 Å². The molecule has 52 valence electrons. The summed E-state index contributed by atoms with van der Waals surface area (Å²) >= 11 is 0. The number of allylic oxidation sites excluding steroid dienone is 5. The predicted molar refractivity (Wildman–Crippen MR) is 44.3 cm³/mol. The summed E-state index contributed by atoms with van der Waals surface area (Å²) in [7, 11) is 0. The summed E-state index contributed by atoms with van der Waals surface area (Å²) < 4.78 is 0. The molecule has 0 bridgehead atoms. The SMILES string of the molecule is C=C1C=CC=C(N)C(=C)C1. The molecule has 0 saturated heterocycles. The molecule has 0 atom stereocenters. The molecule has 1 aliphatic rings. The van der Waals surface area contributed by atoms with Crippen LogP contribution in [0.5, 0.6) is 0 Å². The molecule has 1 aliphatic carbocycles. The van der Waals surface area contributed by atoms with E-state index in [4.69, 9.17) is 5.73 Å². The van der Waals surface area contributed by atoms with Crippen molar-refractivity contribution in [2.75, 3.05) is 0 Å². The Hall–Kier alpha value is -1.24. The van der Waals surface area contributed by atoms with Gasteiger partial charge in [-0.15, -0.1) is 0 Å². The van der Waals surface area contributed by atoms with Crippen LogP contribution in [0.1, 0.15) is 6.42 Å². The lowest BCUT2D eigenvalue weighted by atomic mass is 10.1. The molecule has 0 amide bonds. The lowest BCUT2D eigenvalue weighted by Gasteiger charge is -2.01. The van der Waals surface area contributed by atoms with Gasteiger partial charge in [-0.05, 0) is 18.1 Å². The highest BCUT2D eigenvalue weighted by Gasteiger charge is 2.00. The smallest absolute Gasteiger partial charge is 0.0343 e. The maximum atomic E-state index is 5.61. The summed E-state index contributed by atoms with van der Waals surface area (Å²) in [5, 5.41) is 0. The monoisotopic (exact) mass is 133 g/mol. The van der Waals surface area contributed by atoms with E-state index in [0.717, 1.165) is 23.3 Å². The average Bonchev–Trinajstić information content (AvgIpc) is 1.96. The lowest BCUT2D eigenvalue weighted by Crippen LogP contribution is -1.98. The van der Waals surface area contributed by atoms with Gasteiger partial charge in [-0.3, -0.25) is 0 Å². The predicted octanol–water partition coefficient (Wildman–Crippen LogP) is 1.90. The lowest BCUT2D eigenvalue weighted by molar-refractivity contribution is 1.16. The molecule has 1 heteroatoms. The molecule has 0 aromatic heterocycles. The number of hydrogen-bond acceptors (Lipinski definition) is 1. The van der Waals surface area contributed by atoms with Crippen molar-refractivity contribution in [2.45, 2.75) is 6.42 Å². The summed E-state index contributed by atoms with van der Waals surface area (Å²) in [4.78, 5) is 0. The van der Waals surface area contributed by atoms with Gasteiger partial charge in [-0.25, -0.2) is 0 Å². The normalized spacial score (nSPS) is 18.6. The molecule has 10 heavy (non-hydrogen) atoms. The van der Waals surface area contributed by atoms with Crippen molar-refractivity contribution in [1.29, 1.82) is 0 Å². The van der Waals surface area contributed by atoms with Gasteiger partial charge in [0.15, 0.2) is 0 Å². The Balaban J connectivity index is 2.87. The topological polar surface area (TPSA) is 26.0 Å². The van der Waals surface area contributed by atoms with E-state index >= 15 is 0 Å². The quantitative estimate of drug-likeness (QED) is 0.536. The highest BCUT2D eigenvalue weighted by atomic mass is 14.6. The minimum atomic E-state index is 0.759. The van der Waals surface area contributed by atoms with Crippen molar-refractivity contribution >= 4 is 0 Å². The minimum Gasteiger partial charge on any atom is -0.399 e. The molecule has 0 fully saturated rings. The molecular weight excluding hydrogens is 122 g/mol. The molecule has 1 rings (SSSR count). The van der Waals surface area contributed by atoms with E-state index in [1.807, 2.05) is 18.2 Å². The maximum absolute atomic E-state index is 5.61. The van der Waals surface area contributed by atoms with Crippen LogP contribution in [0.25, 0.3) is 0 Å². The molecule has 0 spiro atoms. The first-order valence-corrected chi connectivity index (χ1v) is 3.20. The van der Waals surface area contributed by atoms with Gasteiger partial charge in [-0.2, -0.15) is 0 Å². The number of rotatable bonds is 0. The van der Waals surface area contributed by atoms with Crippen LogP contribution in [-0.4, -0.2) is 0 Å². The van der Waals surface area contributed by atoms with Crippen LogP contribution < -0.4 is 5.73 Å². The second-order valence-electron chi connectivity index (χ2n) is 2.42. The third-order valence-electron chi connectivity index (χ3n) is 1.46. The molecule has 0 radical (unpaired) electrons. The zero-order chi connectivity index (χ0) is 7.56. The Kier molecular flexibility index (Phi) is 1.76. The van der Waals surface area contributed by atoms with Crippen molar-refractivity contribution in [1.82, 2.24) is 0 Å². The Morgan fingerprint density at radius 1 is 1.40 bits per heavy atom. The van der Waals surface area contributed by atoms with Gasteiger partial charge in [0.25, 0.3) is 0 Å². The second kappa shape index (κ2) is 2.56. The minimum absolute atomic E-state index is 0.759. The van der Waals surface area contributed by atoms with Crippen LogP contribution in [0.2, 0.25) is 0 Å². The fourth-order valence-electron chi connectivity index (χ4n) is 0.841. The van der Waals surface area contributed by atoms with E-state index in [0.29, 0.717) is 0 Å². The van der Waals surface area contributed by atoms with Crippen LogP contribution in [0.15, 0.2) is 48.2 Å². The third-order valence-corrected chi connectivity index (χ3v) is 1.46. The second-order valence-corrected chi connectivity index (χ2v) is 2.42. The van der Waals surface area contributed by atoms with Gasteiger partial charge >= 0.3 is 0 Å². The van der Waals surface area contributed by atoms with Gasteiger partial charge in [-0.1, -0.05) is 30.9 Å². The molecule has 2 N–H and O–H groups in total. The van der Waals surface area contributed by atoms with Gasteiger partial charge in [0, 0.05) is 5.70 Å². The van der Waals surface area contributed by atoms with Crippen molar-refractivity contribution in [3.05, 3.63) is 48.2 Å². The van der Waals surface area contributed by atoms with Crippen molar-refractivity contribution < 1.29 is 0 Å². The van der Waals surface area contributed by atoms with E-state index in [2.05, 4.69) is 13.2 Å². The summed E-state index contributed by atoms with van der Waals surface area (Å²) in [5.74, 6) is 0. The third kappa shape index (κ3) is 1.38. The molecule has 0 heterocycles. The Morgan fingerprint density at radius 3 is 2.80 bits per heavy atom. The van der Waals surface area contributed by atoms with Crippen molar-refractivity contribution in [3.63, 3.8) is 0 Å². The van der Waals surface area contributed by atoms with Crippen LogP contribution in [-0.2, 0) is 0 Å². The first-order valence-electron chi connectivity index (χ1n) is 3.20. The van der Waals surface area contributed by atoms with Crippen LogP contribution >= 0.6 is 0 Å². The Morgan fingerprint density at radius 2 is 2.10 bits per heavy atom. The van der Waals surface area contributed by atoms with E-state index in [1.54, 1.807) is 0 Å². The Labute approximate surface area is 61.2 Å². The highest BCUT2D eigenvalue weighted by molar-refractivity contribution is 5.39. The van der Waals surface area contributed by atoms with Crippen LogP contribution in [0, 0.1) is 0 Å². The zero-order valence-corrected chi connectivity index (χ0v) is 5.93. The van der Waals surface area contributed by atoms with E-state index < -0.39 is 0 Å². The largest absolute Gasteiger partial charge is 0.399 e. The fraction of sp³-hybridized carbons (Fsp3) is 0.111. The molecule has 1 nitrogen and oxygen atoms in total. The summed E-state index contributed by atoms with van der Waals surface area (Å²) in [6.07, 6.45) is 6.49. The fourth-order valence-corrected chi connectivity index (χ4v) is 0.841. The first-order chi connectivity index (χ1) is 4.70. The van der Waals surface area contributed by atoms with E-state index in [-0.39, 0.29) is 0 Å². The summed E-state index contributed by atoms with van der Waals surface area (Å²) in [6.45, 7) is 7.63. The molecule has 0 saturated carbocycles.